The van der Waals surface area contributed by atoms with Gasteiger partial charge >= 0.3 is 0 Å². The summed E-state index contributed by atoms with van der Waals surface area (Å²) in [6.07, 6.45) is -12.1. The third kappa shape index (κ3) is 5.39. The molecule has 2 aliphatic rings. The Morgan fingerprint density at radius 1 is 0.714 bits per heavy atom. The van der Waals surface area contributed by atoms with Crippen molar-refractivity contribution in [2.45, 2.75) is 94.8 Å². The summed E-state index contributed by atoms with van der Waals surface area (Å²) in [4.78, 5) is 0. The quantitative estimate of drug-likeness (QED) is 0.248. The standard InChI is InChI=1S/C18H34O10/c1-18(2,3)5-4-8-12(22)16(13(23)10(7-20)26-8)28-17-15(25)14(24)11(21)9(6-19)27-17/h8-17,19-25H,4-7H2,1-3H3/t8-,9?,10?,11-,12+,13-,14?,15-,16?,17-/m0/s1. The lowest BCUT2D eigenvalue weighted by atomic mass is 9.85. The predicted molar refractivity (Wildman–Crippen MR) is 95.1 cm³/mol. The number of aliphatic hydroxyl groups excluding tert-OH is 7. The molecule has 2 rings (SSSR count). The second-order valence-electron chi connectivity index (χ2n) is 8.77. The number of rotatable bonds is 6. The lowest BCUT2D eigenvalue weighted by Crippen LogP contribution is -2.64. The number of ether oxygens (including phenoxy) is 3. The first-order valence-electron chi connectivity index (χ1n) is 9.58. The second-order valence-corrected chi connectivity index (χ2v) is 8.77. The van der Waals surface area contributed by atoms with Crippen molar-refractivity contribution in [2.24, 2.45) is 5.41 Å². The zero-order valence-corrected chi connectivity index (χ0v) is 16.5. The molecule has 2 fully saturated rings. The Hall–Kier alpha value is -0.400. The third-order valence-electron chi connectivity index (χ3n) is 5.28. The van der Waals surface area contributed by atoms with Gasteiger partial charge in [-0.3, -0.25) is 0 Å². The van der Waals surface area contributed by atoms with E-state index in [9.17, 15) is 35.7 Å². The lowest BCUT2D eigenvalue weighted by Gasteiger charge is -2.46. The van der Waals surface area contributed by atoms with Crippen LogP contribution in [0.15, 0.2) is 0 Å². The van der Waals surface area contributed by atoms with Crippen molar-refractivity contribution in [3.8, 4) is 0 Å². The molecule has 10 atom stereocenters. The van der Waals surface area contributed by atoms with Crippen LogP contribution in [0.5, 0.6) is 0 Å². The third-order valence-corrected chi connectivity index (χ3v) is 5.28. The van der Waals surface area contributed by atoms with Gasteiger partial charge in [0, 0.05) is 0 Å². The Morgan fingerprint density at radius 3 is 1.79 bits per heavy atom. The van der Waals surface area contributed by atoms with Gasteiger partial charge in [0.2, 0.25) is 0 Å². The summed E-state index contributed by atoms with van der Waals surface area (Å²) >= 11 is 0. The Labute approximate surface area is 164 Å². The molecule has 7 N–H and O–H groups in total. The summed E-state index contributed by atoms with van der Waals surface area (Å²) in [5, 5.41) is 69.8. The van der Waals surface area contributed by atoms with E-state index < -0.39 is 74.4 Å². The van der Waals surface area contributed by atoms with Crippen LogP contribution in [0.4, 0.5) is 0 Å². The second kappa shape index (κ2) is 9.61. The molecule has 2 saturated heterocycles. The largest absolute Gasteiger partial charge is 0.394 e. The van der Waals surface area contributed by atoms with E-state index in [0.29, 0.717) is 12.8 Å². The van der Waals surface area contributed by atoms with Crippen LogP contribution in [0.3, 0.4) is 0 Å². The first kappa shape index (κ1) is 23.9. The Balaban J connectivity index is 2.14. The molecule has 0 spiro atoms. The molecule has 0 amide bonds. The van der Waals surface area contributed by atoms with Gasteiger partial charge in [0.15, 0.2) is 6.29 Å². The molecular weight excluding hydrogens is 376 g/mol. The fraction of sp³-hybridized carbons (Fsp3) is 1.00. The Kier molecular flexibility index (Phi) is 8.19. The number of hydrogen-bond acceptors (Lipinski definition) is 10. The highest BCUT2D eigenvalue weighted by atomic mass is 16.7. The van der Waals surface area contributed by atoms with Crippen molar-refractivity contribution in [3.05, 3.63) is 0 Å². The fourth-order valence-corrected chi connectivity index (χ4v) is 3.47. The van der Waals surface area contributed by atoms with Crippen LogP contribution in [0.25, 0.3) is 0 Å². The van der Waals surface area contributed by atoms with Crippen molar-refractivity contribution in [3.63, 3.8) is 0 Å². The predicted octanol–water partition coefficient (Wildman–Crippen LogP) is -2.52. The van der Waals surface area contributed by atoms with E-state index in [2.05, 4.69) is 0 Å². The van der Waals surface area contributed by atoms with E-state index in [1.807, 2.05) is 20.8 Å². The van der Waals surface area contributed by atoms with Crippen LogP contribution >= 0.6 is 0 Å². The molecule has 4 unspecified atom stereocenters. The first-order chi connectivity index (χ1) is 13.0. The molecule has 2 heterocycles. The summed E-state index contributed by atoms with van der Waals surface area (Å²) in [7, 11) is 0. The highest BCUT2D eigenvalue weighted by Crippen LogP contribution is 2.32. The monoisotopic (exact) mass is 410 g/mol. The van der Waals surface area contributed by atoms with Crippen LogP contribution in [-0.4, -0.2) is 110 Å². The van der Waals surface area contributed by atoms with Gasteiger partial charge in [0.1, 0.15) is 48.8 Å². The number of aliphatic hydroxyl groups is 7. The molecular formula is C18H34O10. The Morgan fingerprint density at radius 2 is 1.25 bits per heavy atom. The highest BCUT2D eigenvalue weighted by Gasteiger charge is 2.50. The van der Waals surface area contributed by atoms with E-state index in [4.69, 9.17) is 14.2 Å². The van der Waals surface area contributed by atoms with E-state index >= 15 is 0 Å². The fourth-order valence-electron chi connectivity index (χ4n) is 3.47. The molecule has 166 valence electrons. The molecule has 0 aromatic rings. The molecule has 0 aromatic heterocycles. The molecule has 0 bridgehead atoms. The van der Waals surface area contributed by atoms with Gasteiger partial charge in [-0.1, -0.05) is 20.8 Å². The summed E-state index contributed by atoms with van der Waals surface area (Å²) < 4.78 is 16.5. The zero-order valence-electron chi connectivity index (χ0n) is 16.5. The van der Waals surface area contributed by atoms with Crippen molar-refractivity contribution in [1.82, 2.24) is 0 Å². The lowest BCUT2D eigenvalue weighted by molar-refractivity contribution is -0.342. The van der Waals surface area contributed by atoms with E-state index in [1.54, 1.807) is 0 Å². The maximum atomic E-state index is 10.7. The van der Waals surface area contributed by atoms with Crippen molar-refractivity contribution in [1.29, 1.82) is 0 Å². The van der Waals surface area contributed by atoms with E-state index in [-0.39, 0.29) is 5.41 Å². The van der Waals surface area contributed by atoms with Crippen LogP contribution in [0, 0.1) is 5.41 Å². The van der Waals surface area contributed by atoms with Gasteiger partial charge in [-0.05, 0) is 18.3 Å². The normalized spacial score (nSPS) is 45.2. The minimum atomic E-state index is -1.67. The SMILES string of the molecule is CC(C)(C)CC[C@@H]1OC(CO)[C@H](O)C(O[C@@H]2OC(CO)[C@H](O)C(O)[C@@H]2O)[C@@H]1O. The van der Waals surface area contributed by atoms with Crippen LogP contribution in [-0.2, 0) is 14.2 Å². The Bertz CT molecular complexity index is 481. The van der Waals surface area contributed by atoms with Gasteiger partial charge in [-0.2, -0.15) is 0 Å². The molecule has 28 heavy (non-hydrogen) atoms. The van der Waals surface area contributed by atoms with Gasteiger partial charge in [0.25, 0.3) is 0 Å². The average molecular weight is 410 g/mol. The maximum absolute atomic E-state index is 10.7. The summed E-state index contributed by atoms with van der Waals surface area (Å²) in [5.41, 5.74) is -0.0263. The molecule has 0 aliphatic carbocycles. The van der Waals surface area contributed by atoms with E-state index in [0.717, 1.165) is 0 Å². The van der Waals surface area contributed by atoms with Crippen molar-refractivity contribution >= 4 is 0 Å². The average Bonchev–Trinajstić information content (AvgIpc) is 2.63. The smallest absolute Gasteiger partial charge is 0.187 e. The summed E-state index contributed by atoms with van der Waals surface area (Å²) in [6.45, 7) is 4.96. The minimum Gasteiger partial charge on any atom is -0.394 e. The first-order valence-corrected chi connectivity index (χ1v) is 9.58. The van der Waals surface area contributed by atoms with Crippen LogP contribution in [0.2, 0.25) is 0 Å². The van der Waals surface area contributed by atoms with Crippen molar-refractivity contribution in [2.75, 3.05) is 13.2 Å². The van der Waals surface area contributed by atoms with Gasteiger partial charge in [-0.25, -0.2) is 0 Å². The van der Waals surface area contributed by atoms with Crippen LogP contribution < -0.4 is 0 Å². The molecule has 2 aliphatic heterocycles. The van der Waals surface area contributed by atoms with Gasteiger partial charge in [-0.15, -0.1) is 0 Å². The molecule has 0 saturated carbocycles. The van der Waals surface area contributed by atoms with E-state index in [1.165, 1.54) is 0 Å². The minimum absolute atomic E-state index is 0.0263. The molecule has 10 nitrogen and oxygen atoms in total. The summed E-state index contributed by atoms with van der Waals surface area (Å²) in [6, 6.07) is 0. The molecule has 0 aromatic carbocycles. The zero-order chi connectivity index (χ0) is 21.2. The molecule has 10 heteroatoms. The van der Waals surface area contributed by atoms with Gasteiger partial charge in [0.05, 0.1) is 19.3 Å². The van der Waals surface area contributed by atoms with Crippen molar-refractivity contribution < 1.29 is 50.0 Å². The van der Waals surface area contributed by atoms with Crippen LogP contribution in [0.1, 0.15) is 33.6 Å². The topological polar surface area (TPSA) is 169 Å². The number of hydrogen-bond donors (Lipinski definition) is 7. The van der Waals surface area contributed by atoms with Gasteiger partial charge < -0.3 is 50.0 Å². The molecule has 0 radical (unpaired) electrons. The maximum Gasteiger partial charge on any atom is 0.187 e. The highest BCUT2D eigenvalue weighted by molar-refractivity contribution is 4.96. The summed E-state index contributed by atoms with van der Waals surface area (Å²) in [5.74, 6) is 0.